The van der Waals surface area contributed by atoms with E-state index in [9.17, 15) is 29.6 Å². The number of aliphatic hydroxyl groups is 4. The van der Waals surface area contributed by atoms with Gasteiger partial charge in [-0.3, -0.25) is 9.69 Å². The molecule has 2 aromatic carbocycles. The summed E-state index contributed by atoms with van der Waals surface area (Å²) in [5, 5.41) is 42.2. The van der Waals surface area contributed by atoms with Crippen LogP contribution in [0.15, 0.2) is 48.5 Å². The molecule has 0 spiro atoms. The first-order valence-corrected chi connectivity index (χ1v) is 9.84. The fourth-order valence-electron chi connectivity index (χ4n) is 3.67. The maximum atomic E-state index is 13.0. The van der Waals surface area contributed by atoms with Crippen LogP contribution in [0.4, 0.5) is 4.39 Å². The molecule has 0 aliphatic carbocycles. The lowest BCUT2D eigenvalue weighted by Gasteiger charge is -2.43. The molecule has 0 radical (unpaired) electrons. The summed E-state index contributed by atoms with van der Waals surface area (Å²) in [4.78, 5) is 14.2. The molecule has 0 bridgehead atoms. The number of aliphatic hydroxyl groups excluding tert-OH is 4. The maximum absolute atomic E-state index is 13.0. The molecule has 0 saturated carbocycles. The molecule has 1 aliphatic heterocycles. The van der Waals surface area contributed by atoms with E-state index in [1.165, 1.54) is 12.1 Å². The van der Waals surface area contributed by atoms with Gasteiger partial charge in [0.1, 0.15) is 18.0 Å². The van der Waals surface area contributed by atoms with Crippen molar-refractivity contribution >= 4 is 5.91 Å². The van der Waals surface area contributed by atoms with Gasteiger partial charge in [0.2, 0.25) is 0 Å². The molecule has 162 valence electrons. The Hall–Kier alpha value is -2.36. The zero-order valence-electron chi connectivity index (χ0n) is 16.6. The molecular weight excluding hydrogens is 391 g/mol. The van der Waals surface area contributed by atoms with Crippen molar-refractivity contribution in [1.82, 2.24) is 10.2 Å². The molecule has 1 heterocycles. The van der Waals surface area contributed by atoms with E-state index in [4.69, 9.17) is 0 Å². The number of halogens is 1. The first kappa shape index (κ1) is 22.3. The van der Waals surface area contributed by atoms with Crippen LogP contribution in [-0.4, -0.2) is 68.7 Å². The van der Waals surface area contributed by atoms with Crippen LogP contribution in [0.3, 0.4) is 0 Å². The Morgan fingerprint density at radius 3 is 2.33 bits per heavy atom. The van der Waals surface area contributed by atoms with Crippen LogP contribution in [0.2, 0.25) is 0 Å². The van der Waals surface area contributed by atoms with Gasteiger partial charge in [-0.15, -0.1) is 0 Å². The Morgan fingerprint density at radius 2 is 1.73 bits per heavy atom. The van der Waals surface area contributed by atoms with E-state index >= 15 is 0 Å². The van der Waals surface area contributed by atoms with Crippen molar-refractivity contribution in [1.29, 1.82) is 0 Å². The van der Waals surface area contributed by atoms with Crippen molar-refractivity contribution < 1.29 is 29.6 Å². The van der Waals surface area contributed by atoms with Gasteiger partial charge in [0.15, 0.2) is 0 Å². The van der Waals surface area contributed by atoms with Crippen molar-refractivity contribution in [3.63, 3.8) is 0 Å². The van der Waals surface area contributed by atoms with Crippen LogP contribution >= 0.6 is 0 Å². The van der Waals surface area contributed by atoms with Crippen molar-refractivity contribution in [3.05, 3.63) is 71.0 Å². The second-order valence-electron chi connectivity index (χ2n) is 7.67. The fourth-order valence-corrected chi connectivity index (χ4v) is 3.67. The first-order chi connectivity index (χ1) is 14.3. The molecule has 3 rings (SSSR count). The third-order valence-electron chi connectivity index (χ3n) is 5.54. The number of likely N-dealkylation sites (tertiary alicyclic amines) is 1. The summed E-state index contributed by atoms with van der Waals surface area (Å²) >= 11 is 0. The average molecular weight is 418 g/mol. The molecule has 1 saturated heterocycles. The van der Waals surface area contributed by atoms with Gasteiger partial charge < -0.3 is 25.7 Å². The number of benzene rings is 2. The predicted molar refractivity (Wildman–Crippen MR) is 108 cm³/mol. The highest BCUT2D eigenvalue weighted by molar-refractivity contribution is 5.94. The number of carbonyl (C=O) groups excluding carboxylic acids is 1. The van der Waals surface area contributed by atoms with Crippen LogP contribution in [0.1, 0.15) is 34.5 Å². The van der Waals surface area contributed by atoms with E-state index in [2.05, 4.69) is 5.32 Å². The molecule has 5 N–H and O–H groups in total. The average Bonchev–Trinajstić information content (AvgIpc) is 2.73. The Bertz CT molecular complexity index is 846. The molecular formula is C22H27FN2O5. The number of piperidine rings is 1. The Kier molecular flexibility index (Phi) is 7.17. The summed E-state index contributed by atoms with van der Waals surface area (Å²) in [6.45, 7) is 1.91. The summed E-state index contributed by atoms with van der Waals surface area (Å²) in [5.74, 6) is -0.599. The van der Waals surface area contributed by atoms with Crippen LogP contribution in [0, 0.1) is 5.82 Å². The van der Waals surface area contributed by atoms with Gasteiger partial charge in [0.25, 0.3) is 5.91 Å². The molecule has 0 aromatic heterocycles. The fraction of sp³-hybridized carbons (Fsp3) is 0.409. The minimum absolute atomic E-state index is 0.112. The zero-order valence-corrected chi connectivity index (χ0v) is 16.6. The second kappa shape index (κ2) is 9.63. The molecule has 0 unspecified atom stereocenters. The van der Waals surface area contributed by atoms with E-state index < -0.39 is 24.4 Å². The minimum atomic E-state index is -1.30. The zero-order chi connectivity index (χ0) is 21.8. The molecule has 1 aliphatic rings. The number of rotatable bonds is 6. The summed E-state index contributed by atoms with van der Waals surface area (Å²) in [6, 6.07) is 11.8. The van der Waals surface area contributed by atoms with Crippen LogP contribution < -0.4 is 5.32 Å². The lowest BCUT2D eigenvalue weighted by Crippen LogP contribution is -2.62. The number of β-amino-alcohol motifs (C(OH)–C–C–N with tert-alkyl or cyclic N) is 1. The van der Waals surface area contributed by atoms with Gasteiger partial charge in [-0.1, -0.05) is 24.3 Å². The normalized spacial score (nSPS) is 25.7. The topological polar surface area (TPSA) is 113 Å². The lowest BCUT2D eigenvalue weighted by molar-refractivity contribution is -0.147. The van der Waals surface area contributed by atoms with E-state index in [0.29, 0.717) is 12.1 Å². The standard InChI is InChI=1S/C22H27FN2O5/c1-13(15-6-8-17(23)9-7-15)24-22(30)16-4-2-14(3-5-16)10-25-11-19(27)21(29)20(28)18(25)12-26/h2-9,13,18-21,26-29H,10-12H2,1H3,(H,24,30)/t13-,18-,19-,20-,21+/m0/s1. The van der Waals surface area contributed by atoms with Gasteiger partial charge >= 0.3 is 0 Å². The molecule has 7 nitrogen and oxygen atoms in total. The number of amides is 1. The van der Waals surface area contributed by atoms with Gasteiger partial charge in [0.05, 0.1) is 24.8 Å². The predicted octanol–water partition coefficient (Wildman–Crippen LogP) is 0.576. The summed E-state index contributed by atoms with van der Waals surface area (Å²) in [5.41, 5.74) is 2.08. The van der Waals surface area contributed by atoms with Crippen molar-refractivity contribution in [2.24, 2.45) is 0 Å². The van der Waals surface area contributed by atoms with E-state index in [0.717, 1.165) is 11.1 Å². The highest BCUT2D eigenvalue weighted by Crippen LogP contribution is 2.21. The molecule has 1 amide bonds. The second-order valence-corrected chi connectivity index (χ2v) is 7.67. The first-order valence-electron chi connectivity index (χ1n) is 9.84. The van der Waals surface area contributed by atoms with Crippen LogP contribution in [0.25, 0.3) is 0 Å². The third-order valence-corrected chi connectivity index (χ3v) is 5.54. The van der Waals surface area contributed by atoms with Crippen molar-refractivity contribution in [3.8, 4) is 0 Å². The smallest absolute Gasteiger partial charge is 0.251 e. The molecule has 2 aromatic rings. The van der Waals surface area contributed by atoms with Crippen LogP contribution in [0.5, 0.6) is 0 Å². The number of hydrogen-bond acceptors (Lipinski definition) is 6. The summed E-state index contributed by atoms with van der Waals surface area (Å²) in [7, 11) is 0. The SMILES string of the molecule is C[C@H](NC(=O)c1ccc(CN2C[C@H](O)[C@@H](O)[C@@H](O)[C@@H]2CO)cc1)c1ccc(F)cc1. The maximum Gasteiger partial charge on any atom is 0.251 e. The number of hydrogen-bond donors (Lipinski definition) is 5. The van der Waals surface area contributed by atoms with E-state index in [1.807, 2.05) is 6.92 Å². The lowest BCUT2D eigenvalue weighted by atomic mass is 9.93. The number of carbonyl (C=O) groups is 1. The quantitative estimate of drug-likeness (QED) is 0.469. The third kappa shape index (κ3) is 5.03. The van der Waals surface area contributed by atoms with Gasteiger partial charge in [-0.05, 0) is 42.3 Å². The Balaban J connectivity index is 1.62. The van der Waals surface area contributed by atoms with E-state index in [-0.39, 0.29) is 30.9 Å². The highest BCUT2D eigenvalue weighted by Gasteiger charge is 2.40. The van der Waals surface area contributed by atoms with E-state index in [1.54, 1.807) is 41.3 Å². The minimum Gasteiger partial charge on any atom is -0.395 e. The monoisotopic (exact) mass is 418 g/mol. The van der Waals surface area contributed by atoms with Gasteiger partial charge in [0, 0.05) is 18.7 Å². The summed E-state index contributed by atoms with van der Waals surface area (Å²) in [6.07, 6.45) is -3.66. The number of nitrogens with one attached hydrogen (secondary N) is 1. The number of nitrogens with zero attached hydrogens (tertiary/aromatic N) is 1. The molecule has 30 heavy (non-hydrogen) atoms. The summed E-state index contributed by atoms with van der Waals surface area (Å²) < 4.78 is 13.0. The highest BCUT2D eigenvalue weighted by atomic mass is 19.1. The van der Waals surface area contributed by atoms with Crippen molar-refractivity contribution in [2.45, 2.75) is 43.9 Å². The molecule has 1 fully saturated rings. The molecule has 8 heteroatoms. The molecule has 5 atom stereocenters. The van der Waals surface area contributed by atoms with Gasteiger partial charge in [-0.25, -0.2) is 4.39 Å². The van der Waals surface area contributed by atoms with Crippen molar-refractivity contribution in [2.75, 3.05) is 13.2 Å². The van der Waals surface area contributed by atoms with Gasteiger partial charge in [-0.2, -0.15) is 0 Å². The largest absolute Gasteiger partial charge is 0.395 e. The Labute approximate surface area is 174 Å². The Morgan fingerprint density at radius 1 is 1.10 bits per heavy atom. The van der Waals surface area contributed by atoms with Crippen LogP contribution in [-0.2, 0) is 6.54 Å².